The van der Waals surface area contributed by atoms with Crippen LogP contribution in [0.3, 0.4) is 0 Å². The lowest BCUT2D eigenvalue weighted by Crippen LogP contribution is -1.99. The first-order valence-electron chi connectivity index (χ1n) is 4.97. The summed E-state index contributed by atoms with van der Waals surface area (Å²) in [5, 5.41) is 0.961. The van der Waals surface area contributed by atoms with Gasteiger partial charge in [0.15, 0.2) is 5.78 Å². The van der Waals surface area contributed by atoms with Crippen LogP contribution in [0.4, 0.5) is 0 Å². The van der Waals surface area contributed by atoms with Gasteiger partial charge < -0.3 is 0 Å². The summed E-state index contributed by atoms with van der Waals surface area (Å²) in [4.78, 5) is 15.9. The number of hydrogen-bond acceptors (Lipinski definition) is 2. The molecule has 1 aromatic heterocycles. The first kappa shape index (κ1) is 9.84. The predicted molar refractivity (Wildman–Crippen MR) is 61.2 cm³/mol. The average Bonchev–Trinajstić information content (AvgIpc) is 2.17. The monoisotopic (exact) mass is 199 g/mol. The van der Waals surface area contributed by atoms with Crippen molar-refractivity contribution >= 4 is 16.7 Å². The molecule has 2 aromatic rings. The molecule has 0 saturated carbocycles. The zero-order valence-corrected chi connectivity index (χ0v) is 9.16. The SMILES string of the molecule is CC(=O)c1c(C)cc(C)c2ncccc12. The molecule has 0 radical (unpaired) electrons. The van der Waals surface area contributed by atoms with Gasteiger partial charge in [-0.3, -0.25) is 9.78 Å². The lowest BCUT2D eigenvalue weighted by molar-refractivity contribution is 0.101. The summed E-state index contributed by atoms with van der Waals surface area (Å²) >= 11 is 0. The molecule has 76 valence electrons. The number of Topliss-reactive ketones (excluding diaryl/α,β-unsaturated/α-hetero) is 1. The highest BCUT2D eigenvalue weighted by molar-refractivity contribution is 6.08. The molecule has 0 unspecified atom stereocenters. The first-order chi connectivity index (χ1) is 7.11. The van der Waals surface area contributed by atoms with Gasteiger partial charge in [-0.05, 0) is 38.0 Å². The largest absolute Gasteiger partial charge is 0.294 e. The van der Waals surface area contributed by atoms with Crippen LogP contribution in [0.1, 0.15) is 28.4 Å². The summed E-state index contributed by atoms with van der Waals surface area (Å²) in [5.74, 6) is 0.102. The fourth-order valence-electron chi connectivity index (χ4n) is 2.07. The van der Waals surface area contributed by atoms with Crippen molar-refractivity contribution in [2.24, 2.45) is 0 Å². The Kier molecular flexibility index (Phi) is 2.27. The number of nitrogens with zero attached hydrogens (tertiary/aromatic N) is 1. The lowest BCUT2D eigenvalue weighted by Gasteiger charge is -2.09. The van der Waals surface area contributed by atoms with Crippen LogP contribution in [0, 0.1) is 13.8 Å². The number of rotatable bonds is 1. The zero-order valence-electron chi connectivity index (χ0n) is 9.16. The molecule has 1 aromatic carbocycles. The topological polar surface area (TPSA) is 30.0 Å². The van der Waals surface area contributed by atoms with Gasteiger partial charge in [0.05, 0.1) is 5.52 Å². The van der Waals surface area contributed by atoms with E-state index >= 15 is 0 Å². The number of aryl methyl sites for hydroxylation is 2. The summed E-state index contributed by atoms with van der Waals surface area (Å²) in [5.41, 5.74) is 3.87. The molecule has 1 heterocycles. The highest BCUT2D eigenvalue weighted by Crippen LogP contribution is 2.24. The van der Waals surface area contributed by atoms with E-state index in [4.69, 9.17) is 0 Å². The normalized spacial score (nSPS) is 10.6. The summed E-state index contributed by atoms with van der Waals surface area (Å²) in [6, 6.07) is 5.85. The van der Waals surface area contributed by atoms with Gasteiger partial charge >= 0.3 is 0 Å². The second kappa shape index (κ2) is 3.46. The maximum absolute atomic E-state index is 11.6. The van der Waals surface area contributed by atoms with Gasteiger partial charge in [-0.1, -0.05) is 12.1 Å². The fourth-order valence-corrected chi connectivity index (χ4v) is 2.07. The third-order valence-electron chi connectivity index (χ3n) is 2.63. The predicted octanol–water partition coefficient (Wildman–Crippen LogP) is 3.05. The Labute approximate surface area is 89.0 Å². The van der Waals surface area contributed by atoms with Gasteiger partial charge in [0.2, 0.25) is 0 Å². The van der Waals surface area contributed by atoms with Crippen LogP contribution in [-0.4, -0.2) is 10.8 Å². The van der Waals surface area contributed by atoms with Crippen LogP contribution in [0.5, 0.6) is 0 Å². The van der Waals surface area contributed by atoms with Gasteiger partial charge in [-0.25, -0.2) is 0 Å². The molecule has 15 heavy (non-hydrogen) atoms. The molecule has 0 aliphatic carbocycles. The quantitative estimate of drug-likeness (QED) is 0.661. The standard InChI is InChI=1S/C13H13NO/c1-8-7-9(2)13-11(5-4-6-14-13)12(8)10(3)15/h4-7H,1-3H3. The summed E-state index contributed by atoms with van der Waals surface area (Å²) in [7, 11) is 0. The maximum atomic E-state index is 11.6. The van der Waals surface area contributed by atoms with Crippen molar-refractivity contribution in [3.8, 4) is 0 Å². The van der Waals surface area contributed by atoms with Crippen molar-refractivity contribution in [1.82, 2.24) is 4.98 Å². The van der Waals surface area contributed by atoms with Crippen molar-refractivity contribution in [3.63, 3.8) is 0 Å². The summed E-state index contributed by atoms with van der Waals surface area (Å²) in [6.07, 6.45) is 1.76. The van der Waals surface area contributed by atoms with Gasteiger partial charge in [0, 0.05) is 17.1 Å². The molecule has 0 aliphatic rings. The lowest BCUT2D eigenvalue weighted by atomic mass is 9.97. The first-order valence-corrected chi connectivity index (χ1v) is 4.97. The van der Waals surface area contributed by atoms with E-state index in [1.807, 2.05) is 32.0 Å². The Morgan fingerprint density at radius 1 is 1.27 bits per heavy atom. The van der Waals surface area contributed by atoms with Crippen LogP contribution in [-0.2, 0) is 0 Å². The average molecular weight is 199 g/mol. The molecular formula is C13H13NO. The molecule has 0 N–H and O–H groups in total. The molecule has 0 saturated heterocycles. The van der Waals surface area contributed by atoms with E-state index in [1.54, 1.807) is 13.1 Å². The second-order valence-corrected chi connectivity index (χ2v) is 3.84. The van der Waals surface area contributed by atoms with Crippen molar-refractivity contribution in [3.05, 3.63) is 41.1 Å². The Balaban J connectivity index is 2.96. The fraction of sp³-hybridized carbons (Fsp3) is 0.231. The minimum atomic E-state index is 0.102. The molecular weight excluding hydrogens is 186 g/mol. The minimum absolute atomic E-state index is 0.102. The van der Waals surface area contributed by atoms with E-state index in [0.717, 1.165) is 27.6 Å². The molecule has 0 aliphatic heterocycles. The van der Waals surface area contributed by atoms with E-state index in [2.05, 4.69) is 4.98 Å². The number of fused-ring (bicyclic) bond motifs is 1. The smallest absolute Gasteiger partial charge is 0.160 e. The number of benzene rings is 1. The molecule has 0 amide bonds. The van der Waals surface area contributed by atoms with E-state index < -0.39 is 0 Å². The summed E-state index contributed by atoms with van der Waals surface area (Å²) < 4.78 is 0. The van der Waals surface area contributed by atoms with Gasteiger partial charge in [0.25, 0.3) is 0 Å². The number of pyridine rings is 1. The zero-order chi connectivity index (χ0) is 11.0. The molecule has 0 fully saturated rings. The Hall–Kier alpha value is -1.70. The molecule has 2 rings (SSSR count). The van der Waals surface area contributed by atoms with Crippen LogP contribution in [0.2, 0.25) is 0 Å². The van der Waals surface area contributed by atoms with E-state index in [1.165, 1.54) is 0 Å². The van der Waals surface area contributed by atoms with Crippen molar-refractivity contribution in [2.75, 3.05) is 0 Å². The van der Waals surface area contributed by atoms with Gasteiger partial charge in [-0.2, -0.15) is 0 Å². The van der Waals surface area contributed by atoms with Crippen LogP contribution in [0.25, 0.3) is 10.9 Å². The second-order valence-electron chi connectivity index (χ2n) is 3.84. The van der Waals surface area contributed by atoms with Gasteiger partial charge in [0.1, 0.15) is 0 Å². The molecule has 0 atom stereocenters. The molecule has 2 nitrogen and oxygen atoms in total. The van der Waals surface area contributed by atoms with Crippen LogP contribution in [0.15, 0.2) is 24.4 Å². The number of ketones is 1. The third-order valence-corrected chi connectivity index (χ3v) is 2.63. The minimum Gasteiger partial charge on any atom is -0.294 e. The van der Waals surface area contributed by atoms with E-state index in [0.29, 0.717) is 0 Å². The van der Waals surface area contributed by atoms with Crippen LogP contribution >= 0.6 is 0 Å². The van der Waals surface area contributed by atoms with E-state index in [9.17, 15) is 4.79 Å². The van der Waals surface area contributed by atoms with Crippen molar-refractivity contribution in [1.29, 1.82) is 0 Å². The van der Waals surface area contributed by atoms with Gasteiger partial charge in [-0.15, -0.1) is 0 Å². The highest BCUT2D eigenvalue weighted by atomic mass is 16.1. The molecule has 2 heteroatoms. The van der Waals surface area contributed by atoms with Crippen molar-refractivity contribution in [2.45, 2.75) is 20.8 Å². The third kappa shape index (κ3) is 1.52. The molecule has 0 bridgehead atoms. The number of hydrogen-bond donors (Lipinski definition) is 0. The molecule has 0 spiro atoms. The Morgan fingerprint density at radius 3 is 2.67 bits per heavy atom. The Morgan fingerprint density at radius 2 is 2.00 bits per heavy atom. The number of carbonyl (C=O) groups excluding carboxylic acids is 1. The summed E-state index contributed by atoms with van der Waals surface area (Å²) in [6.45, 7) is 5.59. The Bertz CT molecular complexity index is 543. The number of aromatic nitrogens is 1. The number of carbonyl (C=O) groups is 1. The highest BCUT2D eigenvalue weighted by Gasteiger charge is 2.11. The van der Waals surface area contributed by atoms with E-state index in [-0.39, 0.29) is 5.78 Å². The van der Waals surface area contributed by atoms with Crippen molar-refractivity contribution < 1.29 is 4.79 Å². The van der Waals surface area contributed by atoms with Crippen LogP contribution < -0.4 is 0 Å². The maximum Gasteiger partial charge on any atom is 0.160 e.